The molecular weight excluding hydrogens is 360 g/mol. The van der Waals surface area contributed by atoms with Gasteiger partial charge in [0.1, 0.15) is 11.5 Å². The molecule has 2 aromatic rings. The minimum atomic E-state index is -0.0330. The van der Waals surface area contributed by atoms with E-state index in [1.807, 2.05) is 36.4 Å². The van der Waals surface area contributed by atoms with E-state index >= 15 is 0 Å². The average molecular weight is 370 g/mol. The highest BCUT2D eigenvalue weighted by atomic mass is 79.9. The van der Waals surface area contributed by atoms with Gasteiger partial charge in [0.05, 0.1) is 6.61 Å². The Bertz CT molecular complexity index is 611. The molecule has 3 rings (SSSR count). The third kappa shape index (κ3) is 1.98. The monoisotopic (exact) mass is 368 g/mol. The molecule has 0 saturated carbocycles. The minimum Gasteiger partial charge on any atom is -0.457 e. The standard InChI is InChI=1S/C14H10Br2O2/c15-8-2-4-13-11(5-8)12(7-17)10-3-1-9(16)6-14(10)18-13/h1-6,12,17H,7H2/t12-/m1/s1. The molecule has 1 N–H and O–H groups in total. The predicted molar refractivity (Wildman–Crippen MR) is 77.3 cm³/mol. The Hall–Kier alpha value is -0.840. The van der Waals surface area contributed by atoms with Gasteiger partial charge in [-0.25, -0.2) is 0 Å². The van der Waals surface area contributed by atoms with E-state index in [4.69, 9.17) is 4.74 Å². The first-order chi connectivity index (χ1) is 8.69. The van der Waals surface area contributed by atoms with Crippen LogP contribution in [0.4, 0.5) is 0 Å². The van der Waals surface area contributed by atoms with E-state index in [0.717, 1.165) is 31.6 Å². The topological polar surface area (TPSA) is 29.5 Å². The van der Waals surface area contributed by atoms with Gasteiger partial charge in [-0.15, -0.1) is 0 Å². The fourth-order valence-corrected chi connectivity index (χ4v) is 2.97. The summed E-state index contributed by atoms with van der Waals surface area (Å²) < 4.78 is 7.84. The molecule has 0 amide bonds. The minimum absolute atomic E-state index is 0.0330. The summed E-state index contributed by atoms with van der Waals surface area (Å²) in [6, 6.07) is 11.8. The Balaban J connectivity index is 2.18. The summed E-state index contributed by atoms with van der Waals surface area (Å²) in [6.07, 6.45) is 0. The third-order valence-electron chi connectivity index (χ3n) is 3.10. The molecule has 4 heteroatoms. The average Bonchev–Trinajstić information content (AvgIpc) is 2.36. The van der Waals surface area contributed by atoms with E-state index in [9.17, 15) is 5.11 Å². The van der Waals surface area contributed by atoms with Crippen molar-refractivity contribution in [3.8, 4) is 11.5 Å². The fourth-order valence-electron chi connectivity index (χ4n) is 2.25. The smallest absolute Gasteiger partial charge is 0.132 e. The van der Waals surface area contributed by atoms with E-state index < -0.39 is 0 Å². The van der Waals surface area contributed by atoms with Crippen LogP contribution >= 0.6 is 31.9 Å². The van der Waals surface area contributed by atoms with Crippen molar-refractivity contribution in [1.82, 2.24) is 0 Å². The van der Waals surface area contributed by atoms with Crippen molar-refractivity contribution in [2.75, 3.05) is 6.61 Å². The summed E-state index contributed by atoms with van der Waals surface area (Å²) in [4.78, 5) is 0. The molecular formula is C14H10Br2O2. The zero-order valence-electron chi connectivity index (χ0n) is 9.36. The summed E-state index contributed by atoms with van der Waals surface area (Å²) in [5.41, 5.74) is 2.04. The van der Waals surface area contributed by atoms with Gasteiger partial charge in [0.2, 0.25) is 0 Å². The maximum absolute atomic E-state index is 9.66. The van der Waals surface area contributed by atoms with E-state index in [1.165, 1.54) is 0 Å². The highest BCUT2D eigenvalue weighted by Gasteiger charge is 2.26. The van der Waals surface area contributed by atoms with Crippen LogP contribution in [0.2, 0.25) is 0 Å². The molecule has 2 aromatic carbocycles. The molecule has 1 heterocycles. The Kier molecular flexibility index (Phi) is 3.18. The van der Waals surface area contributed by atoms with E-state index in [-0.39, 0.29) is 12.5 Å². The zero-order chi connectivity index (χ0) is 12.7. The number of hydrogen-bond acceptors (Lipinski definition) is 2. The van der Waals surface area contributed by atoms with Gasteiger partial charge in [0.25, 0.3) is 0 Å². The number of hydrogen-bond donors (Lipinski definition) is 1. The highest BCUT2D eigenvalue weighted by molar-refractivity contribution is 9.10. The molecule has 18 heavy (non-hydrogen) atoms. The number of ether oxygens (including phenoxy) is 1. The molecule has 0 saturated heterocycles. The molecule has 2 nitrogen and oxygen atoms in total. The van der Waals surface area contributed by atoms with Crippen LogP contribution in [0.1, 0.15) is 17.0 Å². The largest absolute Gasteiger partial charge is 0.457 e. The molecule has 0 fully saturated rings. The van der Waals surface area contributed by atoms with Gasteiger partial charge in [0, 0.05) is 26.0 Å². The summed E-state index contributed by atoms with van der Waals surface area (Å²) in [7, 11) is 0. The van der Waals surface area contributed by atoms with E-state index in [0.29, 0.717) is 0 Å². The van der Waals surface area contributed by atoms with Crippen molar-refractivity contribution < 1.29 is 9.84 Å². The lowest BCUT2D eigenvalue weighted by Crippen LogP contribution is -2.13. The second-order valence-electron chi connectivity index (χ2n) is 4.20. The Morgan fingerprint density at radius 3 is 2.44 bits per heavy atom. The molecule has 0 radical (unpaired) electrons. The van der Waals surface area contributed by atoms with Gasteiger partial charge in [0.15, 0.2) is 0 Å². The second kappa shape index (κ2) is 4.68. The van der Waals surface area contributed by atoms with Crippen LogP contribution in [0.5, 0.6) is 11.5 Å². The van der Waals surface area contributed by atoms with Gasteiger partial charge in [-0.2, -0.15) is 0 Å². The van der Waals surface area contributed by atoms with Crippen molar-refractivity contribution in [3.63, 3.8) is 0 Å². The first-order valence-electron chi connectivity index (χ1n) is 5.56. The summed E-state index contributed by atoms with van der Waals surface area (Å²) in [5.74, 6) is 1.58. The predicted octanol–water partition coefficient (Wildman–Crippen LogP) is 4.44. The van der Waals surface area contributed by atoms with Crippen molar-refractivity contribution in [2.45, 2.75) is 5.92 Å². The van der Waals surface area contributed by atoms with Gasteiger partial charge in [-0.1, -0.05) is 37.9 Å². The zero-order valence-corrected chi connectivity index (χ0v) is 12.5. The second-order valence-corrected chi connectivity index (χ2v) is 6.03. The third-order valence-corrected chi connectivity index (χ3v) is 4.09. The van der Waals surface area contributed by atoms with Crippen LogP contribution in [0.25, 0.3) is 0 Å². The van der Waals surface area contributed by atoms with Gasteiger partial charge in [-0.3, -0.25) is 0 Å². The summed E-state index contributed by atoms with van der Waals surface area (Å²) in [6.45, 7) is 0.0709. The quantitative estimate of drug-likeness (QED) is 0.805. The van der Waals surface area contributed by atoms with Gasteiger partial charge in [-0.05, 0) is 30.3 Å². The highest BCUT2D eigenvalue weighted by Crippen LogP contribution is 2.45. The van der Waals surface area contributed by atoms with Crippen LogP contribution in [0.15, 0.2) is 45.3 Å². The molecule has 1 aliphatic rings. The summed E-state index contributed by atoms with van der Waals surface area (Å²) in [5, 5.41) is 9.66. The van der Waals surface area contributed by atoms with Crippen LogP contribution in [-0.2, 0) is 0 Å². The number of aliphatic hydroxyl groups excluding tert-OH is 1. The molecule has 0 aliphatic carbocycles. The van der Waals surface area contributed by atoms with Crippen molar-refractivity contribution >= 4 is 31.9 Å². The Morgan fingerprint density at radius 1 is 0.944 bits per heavy atom. The maximum atomic E-state index is 9.66. The summed E-state index contributed by atoms with van der Waals surface area (Å²) >= 11 is 6.89. The lowest BCUT2D eigenvalue weighted by atomic mass is 9.89. The number of fused-ring (bicyclic) bond motifs is 2. The maximum Gasteiger partial charge on any atom is 0.132 e. The number of aliphatic hydroxyl groups is 1. The first-order valence-corrected chi connectivity index (χ1v) is 7.15. The molecule has 0 bridgehead atoms. The van der Waals surface area contributed by atoms with Crippen molar-refractivity contribution in [3.05, 3.63) is 56.5 Å². The van der Waals surface area contributed by atoms with Gasteiger partial charge >= 0.3 is 0 Å². The Morgan fingerprint density at radius 2 is 1.67 bits per heavy atom. The van der Waals surface area contributed by atoms with E-state index in [2.05, 4.69) is 31.9 Å². The SMILES string of the molecule is OC[C@@H]1c2ccc(Br)cc2Oc2ccc(Br)cc21. The lowest BCUT2D eigenvalue weighted by Gasteiger charge is -2.27. The molecule has 92 valence electrons. The fraction of sp³-hybridized carbons (Fsp3) is 0.143. The first kappa shape index (κ1) is 12.2. The molecule has 0 unspecified atom stereocenters. The van der Waals surface area contributed by atoms with Crippen LogP contribution in [0, 0.1) is 0 Å². The van der Waals surface area contributed by atoms with Crippen LogP contribution in [-0.4, -0.2) is 11.7 Å². The van der Waals surface area contributed by atoms with Crippen molar-refractivity contribution in [2.24, 2.45) is 0 Å². The van der Waals surface area contributed by atoms with Crippen LogP contribution in [0.3, 0.4) is 0 Å². The molecule has 0 aromatic heterocycles. The van der Waals surface area contributed by atoms with Gasteiger partial charge < -0.3 is 9.84 Å². The number of rotatable bonds is 1. The number of benzene rings is 2. The lowest BCUT2D eigenvalue weighted by molar-refractivity contribution is 0.271. The number of halogens is 2. The molecule has 0 spiro atoms. The van der Waals surface area contributed by atoms with Crippen LogP contribution < -0.4 is 4.74 Å². The molecule has 1 atom stereocenters. The van der Waals surface area contributed by atoms with Crippen molar-refractivity contribution in [1.29, 1.82) is 0 Å². The normalized spacial score (nSPS) is 16.7. The Labute approximate surface area is 122 Å². The molecule has 1 aliphatic heterocycles. The van der Waals surface area contributed by atoms with E-state index in [1.54, 1.807) is 0 Å².